The molecule has 0 aromatic carbocycles. The fourth-order valence-electron chi connectivity index (χ4n) is 2.39. The van der Waals surface area contributed by atoms with E-state index in [9.17, 15) is 13.2 Å². The monoisotopic (exact) mass is 248 g/mol. The van der Waals surface area contributed by atoms with Crippen molar-refractivity contribution < 1.29 is 23.1 Å². The Labute approximate surface area is 94.7 Å². The molecule has 0 spiro atoms. The van der Waals surface area contributed by atoms with Crippen molar-refractivity contribution in [3.8, 4) is 0 Å². The first kappa shape index (κ1) is 11.9. The molecular formula is C10H16O5S. The van der Waals surface area contributed by atoms with Crippen molar-refractivity contribution >= 4 is 15.8 Å². The van der Waals surface area contributed by atoms with Crippen molar-refractivity contribution in [2.24, 2.45) is 0 Å². The van der Waals surface area contributed by atoms with Crippen molar-refractivity contribution in [3.05, 3.63) is 0 Å². The lowest BCUT2D eigenvalue weighted by Crippen LogP contribution is -2.63. The van der Waals surface area contributed by atoms with E-state index in [1.54, 1.807) is 0 Å². The van der Waals surface area contributed by atoms with E-state index in [1.165, 1.54) is 0 Å². The van der Waals surface area contributed by atoms with E-state index in [0.29, 0.717) is 12.8 Å². The van der Waals surface area contributed by atoms with Crippen LogP contribution >= 0.6 is 0 Å². The molecule has 1 saturated carbocycles. The second kappa shape index (κ2) is 4.00. The number of hydrogen-bond acceptors (Lipinski definition) is 4. The molecule has 0 aromatic rings. The second-order valence-corrected chi connectivity index (χ2v) is 7.14. The summed E-state index contributed by atoms with van der Waals surface area (Å²) >= 11 is 0. The van der Waals surface area contributed by atoms with E-state index in [2.05, 4.69) is 0 Å². The number of carbonyl (C=O) groups is 1. The smallest absolute Gasteiger partial charge is 0.329 e. The van der Waals surface area contributed by atoms with Crippen LogP contribution in [-0.2, 0) is 19.4 Å². The van der Waals surface area contributed by atoms with Crippen LogP contribution in [0.15, 0.2) is 0 Å². The number of rotatable bonds is 3. The molecule has 2 rings (SSSR count). The lowest BCUT2D eigenvalue weighted by molar-refractivity contribution is -0.152. The van der Waals surface area contributed by atoms with Gasteiger partial charge in [-0.3, -0.25) is 4.79 Å². The highest BCUT2D eigenvalue weighted by molar-refractivity contribution is 7.94. The Morgan fingerprint density at radius 1 is 1.19 bits per heavy atom. The van der Waals surface area contributed by atoms with Crippen molar-refractivity contribution in [2.75, 3.05) is 13.2 Å². The van der Waals surface area contributed by atoms with Gasteiger partial charge in [0.2, 0.25) is 4.75 Å². The molecule has 0 amide bonds. The minimum atomic E-state index is -3.61. The topological polar surface area (TPSA) is 80.7 Å². The molecule has 1 heterocycles. The second-order valence-electron chi connectivity index (χ2n) is 4.60. The van der Waals surface area contributed by atoms with Crippen molar-refractivity contribution in [1.82, 2.24) is 0 Å². The quantitative estimate of drug-likeness (QED) is 0.790. The van der Waals surface area contributed by atoms with E-state index < -0.39 is 25.8 Å². The third kappa shape index (κ3) is 1.55. The van der Waals surface area contributed by atoms with Gasteiger partial charge in [-0.1, -0.05) is 19.3 Å². The van der Waals surface area contributed by atoms with Crippen molar-refractivity contribution in [3.63, 3.8) is 0 Å². The Bertz CT molecular complexity index is 376. The molecule has 0 bridgehead atoms. The Hall–Kier alpha value is -0.620. The highest BCUT2D eigenvalue weighted by Gasteiger charge is 2.59. The fourth-order valence-corrected chi connectivity index (χ4v) is 4.72. The number of aliphatic carboxylic acids is 1. The van der Waals surface area contributed by atoms with Gasteiger partial charge in [0.05, 0.1) is 18.5 Å². The molecule has 1 aliphatic heterocycles. The van der Waals surface area contributed by atoms with Gasteiger partial charge < -0.3 is 9.84 Å². The van der Waals surface area contributed by atoms with E-state index in [0.717, 1.165) is 19.3 Å². The molecule has 1 saturated heterocycles. The first-order chi connectivity index (χ1) is 7.51. The average molecular weight is 248 g/mol. The molecule has 92 valence electrons. The number of hydrogen-bond donors (Lipinski definition) is 1. The molecule has 6 heteroatoms. The van der Waals surface area contributed by atoms with Crippen molar-refractivity contribution in [1.29, 1.82) is 0 Å². The lowest BCUT2D eigenvalue weighted by Gasteiger charge is -2.39. The first-order valence-corrected chi connectivity index (χ1v) is 7.10. The molecule has 5 nitrogen and oxygen atoms in total. The number of carboxylic acid groups (broad SMARTS) is 1. The van der Waals surface area contributed by atoms with E-state index >= 15 is 0 Å². The summed E-state index contributed by atoms with van der Waals surface area (Å²) in [5.74, 6) is -1.26. The van der Waals surface area contributed by atoms with Crippen molar-refractivity contribution in [2.45, 2.75) is 42.1 Å². The zero-order valence-electron chi connectivity index (χ0n) is 9.02. The summed E-state index contributed by atoms with van der Waals surface area (Å²) in [5, 5.41) is 8.61. The highest BCUT2D eigenvalue weighted by Crippen LogP contribution is 2.36. The molecule has 0 radical (unpaired) electrons. The summed E-state index contributed by atoms with van der Waals surface area (Å²) in [6.45, 7) is -0.387. The average Bonchev–Trinajstić information content (AvgIpc) is 2.16. The lowest BCUT2D eigenvalue weighted by atomic mass is 10.0. The standard InChI is InChI=1S/C10H16O5S/c11-9(12)10(6-15-7-10)16(13,14)8-4-2-1-3-5-8/h8H,1-7H2,(H,11,12). The third-order valence-corrected chi connectivity index (χ3v) is 6.44. The molecular weight excluding hydrogens is 232 g/mol. The largest absolute Gasteiger partial charge is 0.480 e. The zero-order chi connectivity index (χ0) is 11.8. The predicted octanol–water partition coefficient (Wildman–Crippen LogP) is 0.587. The van der Waals surface area contributed by atoms with Crippen LogP contribution in [0.3, 0.4) is 0 Å². The van der Waals surface area contributed by atoms with Crippen LogP contribution in [0, 0.1) is 0 Å². The van der Waals surface area contributed by atoms with Crippen LogP contribution in [0.5, 0.6) is 0 Å². The maximum absolute atomic E-state index is 12.3. The summed E-state index contributed by atoms with van der Waals surface area (Å²) in [6, 6.07) is 0. The van der Waals surface area contributed by atoms with E-state index in [1.807, 2.05) is 0 Å². The summed E-state index contributed by atoms with van der Waals surface area (Å²) < 4.78 is 27.7. The van der Waals surface area contributed by atoms with Gasteiger partial charge in [-0.05, 0) is 12.8 Å². The zero-order valence-corrected chi connectivity index (χ0v) is 9.83. The van der Waals surface area contributed by atoms with Gasteiger partial charge in [0, 0.05) is 0 Å². The Balaban J connectivity index is 2.26. The summed E-state index contributed by atoms with van der Waals surface area (Å²) in [7, 11) is -3.61. The van der Waals surface area contributed by atoms with E-state index in [4.69, 9.17) is 9.84 Å². The van der Waals surface area contributed by atoms with Gasteiger partial charge in [-0.2, -0.15) is 0 Å². The van der Waals surface area contributed by atoms with Crippen LogP contribution in [0.1, 0.15) is 32.1 Å². The van der Waals surface area contributed by atoms with Gasteiger partial charge in [-0.25, -0.2) is 8.42 Å². The summed E-state index contributed by atoms with van der Waals surface area (Å²) in [6.07, 6.45) is 3.98. The minimum Gasteiger partial charge on any atom is -0.480 e. The predicted molar refractivity (Wildman–Crippen MR) is 57.0 cm³/mol. The molecule has 0 atom stereocenters. The number of sulfone groups is 1. The normalized spacial score (nSPS) is 26.0. The van der Waals surface area contributed by atoms with Crippen LogP contribution < -0.4 is 0 Å². The SMILES string of the molecule is O=C(O)C1(S(=O)(=O)C2CCCCC2)COC1. The fraction of sp³-hybridized carbons (Fsp3) is 0.900. The molecule has 1 N–H and O–H groups in total. The van der Waals surface area contributed by atoms with Gasteiger partial charge in [0.15, 0.2) is 9.84 Å². The maximum Gasteiger partial charge on any atom is 0.329 e. The molecule has 2 fully saturated rings. The molecule has 0 aromatic heterocycles. The summed E-state index contributed by atoms with van der Waals surface area (Å²) in [5.41, 5.74) is 0. The van der Waals surface area contributed by atoms with Crippen LogP contribution in [0.25, 0.3) is 0 Å². The molecule has 16 heavy (non-hydrogen) atoms. The first-order valence-electron chi connectivity index (χ1n) is 5.55. The molecule has 2 aliphatic rings. The number of ether oxygens (including phenoxy) is 1. The summed E-state index contributed by atoms with van der Waals surface area (Å²) in [4.78, 5) is 11.1. The van der Waals surface area contributed by atoms with Gasteiger partial charge in [0.25, 0.3) is 0 Å². The van der Waals surface area contributed by atoms with Gasteiger partial charge in [-0.15, -0.1) is 0 Å². The third-order valence-electron chi connectivity index (χ3n) is 3.60. The Kier molecular flexibility index (Phi) is 2.96. The Morgan fingerprint density at radius 3 is 2.12 bits per heavy atom. The minimum absolute atomic E-state index is 0.193. The van der Waals surface area contributed by atoms with Gasteiger partial charge in [0.1, 0.15) is 0 Å². The van der Waals surface area contributed by atoms with Crippen LogP contribution in [-0.4, -0.2) is 42.7 Å². The van der Waals surface area contributed by atoms with Crippen LogP contribution in [0.4, 0.5) is 0 Å². The number of carboxylic acids is 1. The maximum atomic E-state index is 12.3. The molecule has 1 aliphatic carbocycles. The highest BCUT2D eigenvalue weighted by atomic mass is 32.2. The molecule has 0 unspecified atom stereocenters. The van der Waals surface area contributed by atoms with Crippen LogP contribution in [0.2, 0.25) is 0 Å². The Morgan fingerprint density at radius 2 is 1.75 bits per heavy atom. The van der Waals surface area contributed by atoms with E-state index in [-0.39, 0.29) is 13.2 Å². The van der Waals surface area contributed by atoms with Gasteiger partial charge >= 0.3 is 5.97 Å².